The molecule has 0 fully saturated rings. The minimum absolute atomic E-state index is 0.0929. The molecule has 0 bridgehead atoms. The average molecular weight is 316 g/mol. The Morgan fingerprint density at radius 2 is 2.00 bits per heavy atom. The van der Waals surface area contributed by atoms with Gasteiger partial charge in [-0.3, -0.25) is 4.79 Å². The lowest BCUT2D eigenvalue weighted by molar-refractivity contribution is -0.117. The normalized spacial score (nSPS) is 10.8. The molecule has 0 saturated heterocycles. The van der Waals surface area contributed by atoms with Gasteiger partial charge in [-0.1, -0.05) is 23.7 Å². The third-order valence-corrected chi connectivity index (χ3v) is 3.41. The average Bonchev–Trinajstić information content (AvgIpc) is 2.87. The number of nitrogens with zero attached hydrogens (tertiary/aromatic N) is 1. The van der Waals surface area contributed by atoms with Gasteiger partial charge in [-0.15, -0.1) is 0 Å². The minimum atomic E-state index is -0.418. The van der Waals surface area contributed by atoms with Crippen LogP contribution in [0.15, 0.2) is 42.5 Å². The van der Waals surface area contributed by atoms with Crippen LogP contribution in [0.5, 0.6) is 5.75 Å². The maximum Gasteiger partial charge on any atom is 0.225 e. The maximum atomic E-state index is 10.9. The molecular weight excluding hydrogens is 302 g/mol. The lowest BCUT2D eigenvalue weighted by atomic mass is 10.2. The number of nitrogens with one attached hydrogen (secondary N) is 1. The van der Waals surface area contributed by atoms with Gasteiger partial charge in [-0.2, -0.15) is 0 Å². The van der Waals surface area contributed by atoms with E-state index in [-0.39, 0.29) is 6.42 Å². The molecule has 3 rings (SSSR count). The summed E-state index contributed by atoms with van der Waals surface area (Å²) in [6.07, 6.45) is 0.0929. The number of benzene rings is 2. The Kier molecular flexibility index (Phi) is 3.98. The van der Waals surface area contributed by atoms with E-state index in [0.717, 1.165) is 22.3 Å². The van der Waals surface area contributed by atoms with Crippen molar-refractivity contribution < 1.29 is 9.53 Å². The highest BCUT2D eigenvalue weighted by Gasteiger charge is 2.07. The van der Waals surface area contributed by atoms with Crippen LogP contribution in [-0.2, 0) is 17.8 Å². The molecule has 0 aliphatic heterocycles. The van der Waals surface area contributed by atoms with Gasteiger partial charge in [0.1, 0.15) is 18.2 Å². The zero-order valence-corrected chi connectivity index (χ0v) is 12.4. The molecule has 22 heavy (non-hydrogen) atoms. The van der Waals surface area contributed by atoms with Gasteiger partial charge in [0.05, 0.1) is 17.5 Å². The molecule has 0 aliphatic carbocycles. The van der Waals surface area contributed by atoms with E-state index in [0.29, 0.717) is 17.5 Å². The van der Waals surface area contributed by atoms with Gasteiger partial charge in [0.2, 0.25) is 5.91 Å². The fourth-order valence-corrected chi connectivity index (χ4v) is 2.25. The van der Waals surface area contributed by atoms with E-state index in [4.69, 9.17) is 22.1 Å². The number of rotatable bonds is 5. The number of aromatic nitrogens is 2. The summed E-state index contributed by atoms with van der Waals surface area (Å²) in [6.45, 7) is 0.449. The topological polar surface area (TPSA) is 81.0 Å². The Morgan fingerprint density at radius 3 is 2.73 bits per heavy atom. The fourth-order valence-electron chi connectivity index (χ4n) is 2.13. The number of primary amides is 1. The van der Waals surface area contributed by atoms with Crippen LogP contribution in [0.2, 0.25) is 5.02 Å². The number of H-pyrrole nitrogens is 1. The van der Waals surface area contributed by atoms with Crippen molar-refractivity contribution >= 4 is 28.5 Å². The van der Waals surface area contributed by atoms with Gasteiger partial charge in [0.15, 0.2) is 0 Å². The van der Waals surface area contributed by atoms with E-state index in [9.17, 15) is 4.79 Å². The summed E-state index contributed by atoms with van der Waals surface area (Å²) >= 11 is 5.85. The molecule has 112 valence electrons. The predicted octanol–water partition coefficient (Wildman–Crippen LogP) is 2.82. The molecule has 5 nitrogen and oxygen atoms in total. The lowest BCUT2D eigenvalue weighted by Gasteiger charge is -2.06. The Labute approximate surface area is 132 Å². The van der Waals surface area contributed by atoms with Crippen LogP contribution in [0.25, 0.3) is 11.0 Å². The first kappa shape index (κ1) is 14.4. The number of imidazole rings is 1. The molecule has 0 spiro atoms. The number of hydrogen-bond acceptors (Lipinski definition) is 3. The van der Waals surface area contributed by atoms with E-state index in [1.165, 1.54) is 0 Å². The van der Waals surface area contributed by atoms with E-state index < -0.39 is 5.91 Å². The van der Waals surface area contributed by atoms with E-state index in [1.54, 1.807) is 0 Å². The van der Waals surface area contributed by atoms with Crippen molar-refractivity contribution in [1.29, 1.82) is 0 Å². The highest BCUT2D eigenvalue weighted by atomic mass is 35.5. The van der Waals surface area contributed by atoms with E-state index in [2.05, 4.69) is 9.97 Å². The molecule has 0 unspecified atom stereocenters. The first-order valence-electron chi connectivity index (χ1n) is 6.74. The lowest BCUT2D eigenvalue weighted by Crippen LogP contribution is -2.14. The minimum Gasteiger partial charge on any atom is -0.489 e. The second kappa shape index (κ2) is 6.07. The quantitative estimate of drug-likeness (QED) is 0.759. The van der Waals surface area contributed by atoms with Crippen molar-refractivity contribution in [3.8, 4) is 5.75 Å². The highest BCUT2D eigenvalue weighted by Crippen LogP contribution is 2.20. The number of halogens is 1. The fraction of sp³-hybridized carbons (Fsp3) is 0.125. The zero-order chi connectivity index (χ0) is 15.5. The van der Waals surface area contributed by atoms with Crippen LogP contribution < -0.4 is 10.5 Å². The van der Waals surface area contributed by atoms with Crippen molar-refractivity contribution in [1.82, 2.24) is 9.97 Å². The summed E-state index contributed by atoms with van der Waals surface area (Å²) in [5.41, 5.74) is 7.78. The molecule has 1 heterocycles. The number of fused-ring (bicyclic) bond motifs is 1. The number of carbonyl (C=O) groups is 1. The number of nitrogens with two attached hydrogens (primary N) is 1. The maximum absolute atomic E-state index is 10.9. The zero-order valence-electron chi connectivity index (χ0n) is 11.7. The standard InChI is InChI=1S/C16H14ClN3O2/c17-11-3-1-10(2-4-11)9-22-12-5-6-13-14(7-12)20-16(19-13)8-15(18)21/h1-7H,8-9H2,(H2,18,21)(H,19,20). The predicted molar refractivity (Wildman–Crippen MR) is 84.8 cm³/mol. The smallest absolute Gasteiger partial charge is 0.225 e. The first-order chi connectivity index (χ1) is 10.6. The highest BCUT2D eigenvalue weighted by molar-refractivity contribution is 6.30. The molecule has 1 aromatic heterocycles. The Hall–Kier alpha value is -2.53. The third-order valence-electron chi connectivity index (χ3n) is 3.16. The summed E-state index contributed by atoms with van der Waals surface area (Å²) in [4.78, 5) is 18.3. The Balaban J connectivity index is 1.73. The van der Waals surface area contributed by atoms with E-state index >= 15 is 0 Å². The van der Waals surface area contributed by atoms with Crippen LogP contribution in [0, 0.1) is 0 Å². The number of aromatic amines is 1. The van der Waals surface area contributed by atoms with Gasteiger partial charge in [-0.05, 0) is 29.8 Å². The summed E-state index contributed by atoms with van der Waals surface area (Å²) in [6, 6.07) is 13.0. The van der Waals surface area contributed by atoms with Gasteiger partial charge < -0.3 is 15.5 Å². The third kappa shape index (κ3) is 3.38. The Morgan fingerprint density at radius 1 is 1.23 bits per heavy atom. The number of hydrogen-bond donors (Lipinski definition) is 2. The summed E-state index contributed by atoms with van der Waals surface area (Å²) in [5, 5.41) is 0.699. The van der Waals surface area contributed by atoms with Gasteiger partial charge in [0, 0.05) is 11.1 Å². The molecule has 0 saturated carbocycles. The monoisotopic (exact) mass is 315 g/mol. The summed E-state index contributed by atoms with van der Waals surface area (Å²) in [7, 11) is 0. The van der Waals surface area contributed by atoms with Gasteiger partial charge >= 0.3 is 0 Å². The van der Waals surface area contributed by atoms with Crippen LogP contribution >= 0.6 is 11.6 Å². The number of carbonyl (C=O) groups excluding carboxylic acids is 1. The molecule has 0 radical (unpaired) electrons. The van der Waals surface area contributed by atoms with Crippen molar-refractivity contribution in [2.75, 3.05) is 0 Å². The molecule has 3 aromatic rings. The van der Waals surface area contributed by atoms with Gasteiger partial charge in [0.25, 0.3) is 0 Å². The largest absolute Gasteiger partial charge is 0.489 e. The summed E-state index contributed by atoms with van der Waals surface area (Å²) in [5.74, 6) is 0.854. The molecule has 6 heteroatoms. The van der Waals surface area contributed by atoms with Gasteiger partial charge in [-0.25, -0.2) is 4.98 Å². The van der Waals surface area contributed by atoms with Crippen molar-refractivity contribution in [2.24, 2.45) is 5.73 Å². The SMILES string of the molecule is NC(=O)Cc1nc2ccc(OCc3ccc(Cl)cc3)cc2[nH]1. The first-order valence-corrected chi connectivity index (χ1v) is 7.12. The molecule has 1 amide bonds. The molecule has 0 aliphatic rings. The molecule has 0 atom stereocenters. The van der Waals surface area contributed by atoms with Crippen LogP contribution in [0.4, 0.5) is 0 Å². The van der Waals surface area contributed by atoms with Crippen LogP contribution in [0.1, 0.15) is 11.4 Å². The molecule has 2 aromatic carbocycles. The summed E-state index contributed by atoms with van der Waals surface area (Å²) < 4.78 is 5.75. The van der Waals surface area contributed by atoms with Crippen molar-refractivity contribution in [2.45, 2.75) is 13.0 Å². The van der Waals surface area contributed by atoms with Crippen molar-refractivity contribution in [3.63, 3.8) is 0 Å². The van der Waals surface area contributed by atoms with E-state index in [1.807, 2.05) is 42.5 Å². The second-order valence-corrected chi connectivity index (χ2v) is 5.36. The Bertz CT molecular complexity index is 812. The van der Waals surface area contributed by atoms with Crippen molar-refractivity contribution in [3.05, 3.63) is 58.9 Å². The molecule has 3 N–H and O–H groups in total. The number of ether oxygens (including phenoxy) is 1. The van der Waals surface area contributed by atoms with Crippen LogP contribution in [-0.4, -0.2) is 15.9 Å². The second-order valence-electron chi connectivity index (χ2n) is 4.92. The van der Waals surface area contributed by atoms with Crippen LogP contribution in [0.3, 0.4) is 0 Å². The number of amides is 1. The molecular formula is C16H14ClN3O2.